The van der Waals surface area contributed by atoms with Crippen molar-refractivity contribution in [3.8, 4) is 5.75 Å². The van der Waals surface area contributed by atoms with E-state index in [-0.39, 0.29) is 5.91 Å². The number of halogens is 1. The standard InChI is InChI=1S/C20H19ClN2O2/c1-13(25-15-8-6-14(21)7-9-15)20(24)23-11-10-19-17(12-23)16-4-2-3-5-18(16)22-19/h2-9,13,22H,10-12H2,1H3/t13-/m0/s1. The second-order valence-electron chi connectivity index (χ2n) is 6.35. The Kier molecular flexibility index (Phi) is 4.14. The molecule has 0 saturated heterocycles. The minimum atomic E-state index is -0.534. The third kappa shape index (κ3) is 3.10. The minimum absolute atomic E-state index is 0.00545. The van der Waals surface area contributed by atoms with E-state index in [0.29, 0.717) is 23.9 Å². The van der Waals surface area contributed by atoms with Gasteiger partial charge in [0, 0.05) is 46.7 Å². The molecule has 25 heavy (non-hydrogen) atoms. The smallest absolute Gasteiger partial charge is 0.263 e. The van der Waals surface area contributed by atoms with Crippen LogP contribution in [0.4, 0.5) is 0 Å². The average molecular weight is 355 g/mol. The maximum Gasteiger partial charge on any atom is 0.263 e. The molecular weight excluding hydrogens is 336 g/mol. The number of benzene rings is 2. The van der Waals surface area contributed by atoms with E-state index in [2.05, 4.69) is 17.1 Å². The van der Waals surface area contributed by atoms with E-state index in [1.807, 2.05) is 17.0 Å². The summed E-state index contributed by atoms with van der Waals surface area (Å²) in [5, 5.41) is 1.84. The largest absolute Gasteiger partial charge is 0.481 e. The molecule has 1 N–H and O–H groups in total. The molecule has 2 aromatic carbocycles. The number of carbonyl (C=O) groups is 1. The van der Waals surface area contributed by atoms with Crippen molar-refractivity contribution in [2.75, 3.05) is 6.54 Å². The highest BCUT2D eigenvalue weighted by molar-refractivity contribution is 6.30. The van der Waals surface area contributed by atoms with Gasteiger partial charge in [0.15, 0.2) is 6.10 Å². The van der Waals surface area contributed by atoms with Crippen LogP contribution < -0.4 is 4.74 Å². The fourth-order valence-electron chi connectivity index (χ4n) is 3.38. The number of H-pyrrole nitrogens is 1. The molecule has 4 rings (SSSR count). The van der Waals surface area contributed by atoms with Crippen molar-refractivity contribution in [2.24, 2.45) is 0 Å². The number of ether oxygens (including phenoxy) is 1. The lowest BCUT2D eigenvalue weighted by atomic mass is 10.0. The van der Waals surface area contributed by atoms with E-state index in [4.69, 9.17) is 16.3 Å². The zero-order valence-electron chi connectivity index (χ0n) is 14.0. The molecule has 5 heteroatoms. The molecule has 4 nitrogen and oxygen atoms in total. The summed E-state index contributed by atoms with van der Waals surface area (Å²) in [6, 6.07) is 15.3. The predicted molar refractivity (Wildman–Crippen MR) is 99.0 cm³/mol. The van der Waals surface area contributed by atoms with Crippen LogP contribution in [0.1, 0.15) is 18.2 Å². The monoisotopic (exact) mass is 354 g/mol. The maximum atomic E-state index is 12.8. The average Bonchev–Trinajstić information content (AvgIpc) is 3.01. The molecule has 0 saturated carbocycles. The number of nitrogens with zero attached hydrogens (tertiary/aromatic N) is 1. The van der Waals surface area contributed by atoms with Gasteiger partial charge >= 0.3 is 0 Å². The van der Waals surface area contributed by atoms with Crippen molar-refractivity contribution >= 4 is 28.4 Å². The molecule has 128 valence electrons. The van der Waals surface area contributed by atoms with E-state index in [1.54, 1.807) is 31.2 Å². The summed E-state index contributed by atoms with van der Waals surface area (Å²) in [6.45, 7) is 3.11. The van der Waals surface area contributed by atoms with Crippen molar-refractivity contribution in [1.29, 1.82) is 0 Å². The third-order valence-corrected chi connectivity index (χ3v) is 4.92. The number of hydrogen-bond donors (Lipinski definition) is 1. The Hall–Kier alpha value is -2.46. The zero-order valence-corrected chi connectivity index (χ0v) is 14.7. The Balaban J connectivity index is 1.50. The summed E-state index contributed by atoms with van der Waals surface area (Å²) >= 11 is 5.88. The molecule has 1 amide bonds. The fraction of sp³-hybridized carbons (Fsp3) is 0.250. The Morgan fingerprint density at radius 2 is 1.96 bits per heavy atom. The molecule has 0 bridgehead atoms. The molecule has 3 aromatic rings. The topological polar surface area (TPSA) is 45.3 Å². The molecule has 0 fully saturated rings. The third-order valence-electron chi connectivity index (χ3n) is 4.67. The molecule has 1 aromatic heterocycles. The normalized spacial score (nSPS) is 15.0. The van der Waals surface area contributed by atoms with Crippen LogP contribution in [0.3, 0.4) is 0 Å². The van der Waals surface area contributed by atoms with Gasteiger partial charge in [-0.2, -0.15) is 0 Å². The number of fused-ring (bicyclic) bond motifs is 3. The molecule has 1 aliphatic heterocycles. The van der Waals surface area contributed by atoms with Crippen molar-refractivity contribution in [3.63, 3.8) is 0 Å². The van der Waals surface area contributed by atoms with Crippen LogP contribution in [-0.2, 0) is 17.8 Å². The second-order valence-corrected chi connectivity index (χ2v) is 6.79. The van der Waals surface area contributed by atoms with Gasteiger partial charge in [-0.15, -0.1) is 0 Å². The van der Waals surface area contributed by atoms with Crippen LogP contribution in [0, 0.1) is 0 Å². The van der Waals surface area contributed by atoms with Gasteiger partial charge in [0.05, 0.1) is 0 Å². The first kappa shape index (κ1) is 16.0. The fourth-order valence-corrected chi connectivity index (χ4v) is 3.51. The molecule has 1 atom stereocenters. The van der Waals surface area contributed by atoms with E-state index in [9.17, 15) is 4.79 Å². The lowest BCUT2D eigenvalue weighted by molar-refractivity contribution is -0.138. The van der Waals surface area contributed by atoms with Crippen molar-refractivity contribution in [1.82, 2.24) is 9.88 Å². The van der Waals surface area contributed by atoms with Gasteiger partial charge < -0.3 is 14.6 Å². The first-order chi connectivity index (χ1) is 12.1. The van der Waals surface area contributed by atoms with Gasteiger partial charge in [0.2, 0.25) is 0 Å². The quantitative estimate of drug-likeness (QED) is 0.767. The summed E-state index contributed by atoms with van der Waals surface area (Å²) in [7, 11) is 0. The highest BCUT2D eigenvalue weighted by Crippen LogP contribution is 2.28. The number of aromatic nitrogens is 1. The highest BCUT2D eigenvalue weighted by atomic mass is 35.5. The summed E-state index contributed by atoms with van der Waals surface area (Å²) < 4.78 is 5.78. The molecule has 1 aliphatic rings. The van der Waals surface area contributed by atoms with Gasteiger partial charge in [0.1, 0.15) is 5.75 Å². The number of rotatable bonds is 3. The van der Waals surface area contributed by atoms with Gasteiger partial charge in [-0.05, 0) is 37.3 Å². The Bertz CT molecular complexity index is 917. The van der Waals surface area contributed by atoms with E-state index >= 15 is 0 Å². The predicted octanol–water partition coefficient (Wildman–Crippen LogP) is 4.17. The van der Waals surface area contributed by atoms with Crippen LogP contribution in [0.2, 0.25) is 5.02 Å². The van der Waals surface area contributed by atoms with Crippen molar-refractivity contribution < 1.29 is 9.53 Å². The van der Waals surface area contributed by atoms with Crippen LogP contribution in [0.15, 0.2) is 48.5 Å². The SMILES string of the molecule is C[C@H](Oc1ccc(Cl)cc1)C(=O)N1CCc2[nH]c3ccccc3c2C1. The Morgan fingerprint density at radius 3 is 2.76 bits per heavy atom. The van der Waals surface area contributed by atoms with E-state index < -0.39 is 6.10 Å². The number of hydrogen-bond acceptors (Lipinski definition) is 2. The lowest BCUT2D eigenvalue weighted by Crippen LogP contribution is -2.43. The number of amides is 1. The molecule has 0 spiro atoms. The summed E-state index contributed by atoms with van der Waals surface area (Å²) in [4.78, 5) is 18.1. The first-order valence-corrected chi connectivity index (χ1v) is 8.79. The summed E-state index contributed by atoms with van der Waals surface area (Å²) in [5.41, 5.74) is 3.58. The van der Waals surface area contributed by atoms with Gasteiger partial charge in [-0.1, -0.05) is 29.8 Å². The first-order valence-electron chi connectivity index (χ1n) is 8.41. The van der Waals surface area contributed by atoms with Gasteiger partial charge in [-0.3, -0.25) is 4.79 Å². The Morgan fingerprint density at radius 1 is 1.20 bits per heavy atom. The summed E-state index contributed by atoms with van der Waals surface area (Å²) in [6.07, 6.45) is 0.302. The van der Waals surface area contributed by atoms with Crippen molar-refractivity contribution in [3.05, 3.63) is 64.8 Å². The zero-order chi connectivity index (χ0) is 17.4. The molecule has 0 radical (unpaired) electrons. The minimum Gasteiger partial charge on any atom is -0.481 e. The van der Waals surface area contributed by atoms with Crippen LogP contribution in [0.25, 0.3) is 10.9 Å². The maximum absolute atomic E-state index is 12.8. The highest BCUT2D eigenvalue weighted by Gasteiger charge is 2.27. The van der Waals surface area contributed by atoms with Crippen molar-refractivity contribution in [2.45, 2.75) is 26.0 Å². The number of para-hydroxylation sites is 1. The second kappa shape index (κ2) is 6.45. The number of nitrogens with one attached hydrogen (secondary N) is 1. The number of carbonyl (C=O) groups excluding carboxylic acids is 1. The van der Waals surface area contributed by atoms with Crippen LogP contribution in [0.5, 0.6) is 5.75 Å². The molecule has 0 unspecified atom stereocenters. The van der Waals surface area contributed by atoms with Gasteiger partial charge in [-0.25, -0.2) is 0 Å². The number of aromatic amines is 1. The molecular formula is C20H19ClN2O2. The Labute approximate surface area is 151 Å². The van der Waals surface area contributed by atoms with Crippen LogP contribution in [-0.4, -0.2) is 28.4 Å². The van der Waals surface area contributed by atoms with Crippen LogP contribution >= 0.6 is 11.6 Å². The van der Waals surface area contributed by atoms with E-state index in [0.717, 1.165) is 11.9 Å². The lowest BCUT2D eigenvalue weighted by Gasteiger charge is -2.29. The molecule has 0 aliphatic carbocycles. The van der Waals surface area contributed by atoms with Gasteiger partial charge in [0.25, 0.3) is 5.91 Å². The summed E-state index contributed by atoms with van der Waals surface area (Å²) in [5.74, 6) is 0.654. The van der Waals surface area contributed by atoms with E-state index in [1.165, 1.54) is 16.6 Å². The molecule has 2 heterocycles.